The van der Waals surface area contributed by atoms with Crippen LogP contribution in [0.2, 0.25) is 0 Å². The predicted octanol–water partition coefficient (Wildman–Crippen LogP) is 4.22. The molecular weight excluding hydrogens is 517 g/mol. The van der Waals surface area contributed by atoms with Gasteiger partial charge in [-0.2, -0.15) is 23.3 Å². The van der Waals surface area contributed by atoms with Gasteiger partial charge in [-0.25, -0.2) is 4.68 Å². The zero-order chi connectivity index (χ0) is 27.6. The number of aromatic nitrogens is 5. The van der Waals surface area contributed by atoms with Gasteiger partial charge in [0.2, 0.25) is 5.82 Å². The van der Waals surface area contributed by atoms with Gasteiger partial charge in [-0.05, 0) is 43.0 Å². The topological polar surface area (TPSA) is 130 Å². The number of aliphatic hydroxyl groups excluding tert-OH is 1. The molecule has 13 heteroatoms. The number of hydrogen-bond donors (Lipinski definition) is 2. The van der Waals surface area contributed by atoms with E-state index in [2.05, 4.69) is 25.1 Å². The molecule has 1 aliphatic rings. The number of likely N-dealkylation sites (tertiary alicyclic amines) is 1. The fourth-order valence-corrected chi connectivity index (χ4v) is 4.84. The number of aliphatic hydroxyl groups is 1. The highest BCUT2D eigenvalue weighted by molar-refractivity contribution is 5.67. The lowest BCUT2D eigenvalue weighted by Crippen LogP contribution is -2.38. The second-order valence-electron chi connectivity index (χ2n) is 9.45. The molecule has 2 N–H and O–H groups in total. The zero-order valence-electron chi connectivity index (χ0n) is 20.6. The van der Waals surface area contributed by atoms with Crippen LogP contribution in [0.4, 0.5) is 13.2 Å². The van der Waals surface area contributed by atoms with Crippen molar-refractivity contribution in [3.8, 4) is 28.5 Å². The first-order valence-electron chi connectivity index (χ1n) is 12.3. The van der Waals surface area contributed by atoms with E-state index < -0.39 is 23.9 Å². The van der Waals surface area contributed by atoms with Gasteiger partial charge in [0, 0.05) is 31.3 Å². The van der Waals surface area contributed by atoms with Crippen molar-refractivity contribution < 1.29 is 32.7 Å². The summed E-state index contributed by atoms with van der Waals surface area (Å²) in [4.78, 5) is 21.1. The number of halogens is 3. The van der Waals surface area contributed by atoms with Crippen LogP contribution in [-0.2, 0) is 11.0 Å². The molecular formula is C26H25F3N6O4. The third-order valence-electron chi connectivity index (χ3n) is 6.64. The van der Waals surface area contributed by atoms with Crippen LogP contribution in [0.1, 0.15) is 36.6 Å². The van der Waals surface area contributed by atoms with Crippen molar-refractivity contribution in [2.75, 3.05) is 19.6 Å². The molecule has 204 valence electrons. The van der Waals surface area contributed by atoms with Gasteiger partial charge in [-0.15, -0.1) is 0 Å². The Labute approximate surface area is 220 Å². The largest absolute Gasteiger partial charge is 0.481 e. The first-order chi connectivity index (χ1) is 18.7. The molecule has 1 saturated heterocycles. The second-order valence-corrected chi connectivity index (χ2v) is 9.45. The Bertz CT molecular complexity index is 1420. The third-order valence-corrected chi connectivity index (χ3v) is 6.64. The molecule has 3 aromatic heterocycles. The van der Waals surface area contributed by atoms with Gasteiger partial charge in [0.15, 0.2) is 5.69 Å². The molecule has 10 nitrogen and oxygen atoms in total. The summed E-state index contributed by atoms with van der Waals surface area (Å²) in [6, 6.07) is 9.64. The first kappa shape index (κ1) is 26.5. The van der Waals surface area contributed by atoms with Crippen LogP contribution < -0.4 is 0 Å². The predicted molar refractivity (Wildman–Crippen MR) is 131 cm³/mol. The highest BCUT2D eigenvalue weighted by atomic mass is 19.4. The summed E-state index contributed by atoms with van der Waals surface area (Å²) in [6.45, 7) is 1.77. The molecule has 0 aliphatic carbocycles. The molecule has 1 aromatic carbocycles. The standard InChI is InChI=1S/C26H25F3N6O4/c27-26(28,29)23-20(13-31-35(23)19-4-1-9-30-12-19)25-32-24(33-39-25)18-7-5-17(6-8-18)21(36)15-34-10-2-3-16(14-34)11-22(37)38/h1,4-9,12-13,16,21,36H,2-3,10-11,14-15H2,(H,37,38)/t16-,21-/m1/s1. The maximum atomic E-state index is 14.0. The van der Waals surface area contributed by atoms with E-state index in [-0.39, 0.29) is 35.3 Å². The normalized spacial score (nSPS) is 17.3. The summed E-state index contributed by atoms with van der Waals surface area (Å²) in [6.07, 6.45) is 0.0291. The summed E-state index contributed by atoms with van der Waals surface area (Å²) >= 11 is 0. The third kappa shape index (κ3) is 5.99. The number of piperidine rings is 1. The number of carboxylic acids is 1. The summed E-state index contributed by atoms with van der Waals surface area (Å²) in [5, 5.41) is 27.5. The SMILES string of the molecule is O=C(O)C[C@H]1CCCN(C[C@@H](O)c2ccc(-c3noc(-c4cnn(-c5cccnc5)c4C(F)(F)F)n3)cc2)C1. The lowest BCUT2D eigenvalue weighted by atomic mass is 9.94. The van der Waals surface area contributed by atoms with Gasteiger partial charge in [0.05, 0.1) is 29.7 Å². The van der Waals surface area contributed by atoms with Crippen LogP contribution in [0, 0.1) is 5.92 Å². The van der Waals surface area contributed by atoms with Gasteiger partial charge in [0.1, 0.15) is 0 Å². The van der Waals surface area contributed by atoms with E-state index in [0.717, 1.165) is 30.3 Å². The number of carbonyl (C=O) groups is 1. The van der Waals surface area contributed by atoms with Gasteiger partial charge >= 0.3 is 12.1 Å². The fourth-order valence-electron chi connectivity index (χ4n) is 4.84. The maximum Gasteiger partial charge on any atom is 0.434 e. The van der Waals surface area contributed by atoms with Crippen LogP contribution >= 0.6 is 0 Å². The minimum atomic E-state index is -4.75. The minimum absolute atomic E-state index is 0.0626. The van der Waals surface area contributed by atoms with Gasteiger partial charge in [-0.3, -0.25) is 9.78 Å². The van der Waals surface area contributed by atoms with Crippen molar-refractivity contribution in [1.29, 1.82) is 0 Å². The molecule has 0 unspecified atom stereocenters. The number of nitrogens with zero attached hydrogens (tertiary/aromatic N) is 6. The summed E-state index contributed by atoms with van der Waals surface area (Å²) < 4.78 is 47.9. The van der Waals surface area contributed by atoms with Gasteiger partial charge in [-0.1, -0.05) is 29.4 Å². The molecule has 0 radical (unpaired) electrons. The van der Waals surface area contributed by atoms with E-state index in [4.69, 9.17) is 9.63 Å². The Balaban J connectivity index is 1.31. The molecule has 4 aromatic rings. The average Bonchev–Trinajstić information content (AvgIpc) is 3.57. The Hall–Kier alpha value is -4.10. The van der Waals surface area contributed by atoms with Crippen LogP contribution in [0.15, 0.2) is 59.5 Å². The number of β-amino-alcohol motifs (C(OH)–C–C–N with tert-alkyl or cyclic N) is 1. The lowest BCUT2D eigenvalue weighted by Gasteiger charge is -2.33. The van der Waals surface area contributed by atoms with Gasteiger partial charge < -0.3 is 19.6 Å². The molecule has 4 heterocycles. The van der Waals surface area contributed by atoms with Crippen molar-refractivity contribution in [3.05, 3.63) is 66.2 Å². The number of hydrogen-bond acceptors (Lipinski definition) is 8. The quantitative estimate of drug-likeness (QED) is 0.336. The number of pyridine rings is 1. The van der Waals surface area contributed by atoms with Crippen LogP contribution in [0.25, 0.3) is 28.5 Å². The van der Waals surface area contributed by atoms with E-state index in [1.807, 2.05) is 0 Å². The highest BCUT2D eigenvalue weighted by Gasteiger charge is 2.40. The smallest absolute Gasteiger partial charge is 0.434 e. The lowest BCUT2D eigenvalue weighted by molar-refractivity contribution is -0.142. The Morgan fingerprint density at radius 3 is 2.67 bits per heavy atom. The van der Waals surface area contributed by atoms with Crippen LogP contribution in [0.3, 0.4) is 0 Å². The number of alkyl halides is 3. The molecule has 0 amide bonds. The summed E-state index contributed by atoms with van der Waals surface area (Å²) in [5.41, 5.74) is -0.159. The van der Waals surface area contributed by atoms with Crippen molar-refractivity contribution in [1.82, 2.24) is 29.8 Å². The second kappa shape index (κ2) is 10.9. The van der Waals surface area contributed by atoms with Crippen molar-refractivity contribution in [3.63, 3.8) is 0 Å². The van der Waals surface area contributed by atoms with E-state index in [9.17, 15) is 23.1 Å². The molecule has 39 heavy (non-hydrogen) atoms. The van der Waals surface area contributed by atoms with E-state index in [0.29, 0.717) is 24.2 Å². The zero-order valence-corrected chi connectivity index (χ0v) is 20.6. The van der Waals surface area contributed by atoms with E-state index >= 15 is 0 Å². The first-order valence-corrected chi connectivity index (χ1v) is 12.3. The molecule has 0 bridgehead atoms. The number of benzene rings is 1. The minimum Gasteiger partial charge on any atom is -0.481 e. The average molecular weight is 543 g/mol. The monoisotopic (exact) mass is 542 g/mol. The van der Waals surface area contributed by atoms with Gasteiger partial charge in [0.25, 0.3) is 5.89 Å². The molecule has 1 aliphatic heterocycles. The molecule has 0 spiro atoms. The summed E-state index contributed by atoms with van der Waals surface area (Å²) in [5.74, 6) is -1.01. The molecule has 2 atom stereocenters. The number of aliphatic carboxylic acids is 1. The number of carboxylic acid groups (broad SMARTS) is 1. The Morgan fingerprint density at radius 2 is 1.97 bits per heavy atom. The van der Waals surface area contributed by atoms with Crippen LogP contribution in [0.5, 0.6) is 0 Å². The molecule has 0 saturated carbocycles. The Morgan fingerprint density at radius 1 is 1.18 bits per heavy atom. The van der Waals surface area contributed by atoms with Crippen LogP contribution in [-0.4, -0.2) is 65.6 Å². The van der Waals surface area contributed by atoms with E-state index in [1.54, 1.807) is 24.3 Å². The van der Waals surface area contributed by atoms with E-state index in [1.165, 1.54) is 24.5 Å². The van der Waals surface area contributed by atoms with Crippen molar-refractivity contribution in [2.24, 2.45) is 5.92 Å². The molecule has 5 rings (SSSR count). The summed E-state index contributed by atoms with van der Waals surface area (Å²) in [7, 11) is 0. The highest BCUT2D eigenvalue weighted by Crippen LogP contribution is 2.38. The molecule has 1 fully saturated rings. The van der Waals surface area contributed by atoms with Crippen molar-refractivity contribution in [2.45, 2.75) is 31.5 Å². The number of rotatable bonds is 8. The maximum absolute atomic E-state index is 14.0. The Kier molecular flexibility index (Phi) is 7.44. The fraction of sp³-hybridized carbons (Fsp3) is 0.346. The van der Waals surface area contributed by atoms with Crippen molar-refractivity contribution >= 4 is 5.97 Å².